The van der Waals surface area contributed by atoms with Crippen LogP contribution in [-0.4, -0.2) is 24.1 Å². The number of hydrogen-bond donors (Lipinski definition) is 2. The van der Waals surface area contributed by atoms with Gasteiger partial charge in [-0.15, -0.1) is 0 Å². The van der Waals surface area contributed by atoms with Gasteiger partial charge in [-0.25, -0.2) is 5.43 Å². The normalized spacial score (nSPS) is 11.9. The van der Waals surface area contributed by atoms with Crippen molar-refractivity contribution in [3.63, 3.8) is 0 Å². The van der Waals surface area contributed by atoms with Crippen LogP contribution in [0.25, 0.3) is 0 Å². The first-order valence-corrected chi connectivity index (χ1v) is 12.3. The quantitative estimate of drug-likeness (QED) is 0.234. The molecule has 3 aromatic rings. The van der Waals surface area contributed by atoms with Crippen LogP contribution in [0.5, 0.6) is 5.75 Å². The summed E-state index contributed by atoms with van der Waals surface area (Å²) in [5, 5.41) is 7.92. The highest BCUT2D eigenvalue weighted by molar-refractivity contribution is 9.10. The van der Waals surface area contributed by atoms with E-state index in [9.17, 15) is 9.59 Å². The SMILES string of the molecule is CC(C)C(NC(=O)c1ccccc1)C(=O)NN=Cc1cc(Br)ccc1OCc1ccc(Cl)cc1Cl. The van der Waals surface area contributed by atoms with Crippen LogP contribution in [-0.2, 0) is 11.4 Å². The molecule has 0 bridgehead atoms. The van der Waals surface area contributed by atoms with Crippen molar-refractivity contribution in [2.45, 2.75) is 26.5 Å². The average molecular weight is 577 g/mol. The molecule has 35 heavy (non-hydrogen) atoms. The molecule has 2 N–H and O–H groups in total. The predicted molar refractivity (Wildman–Crippen MR) is 143 cm³/mol. The van der Waals surface area contributed by atoms with E-state index in [1.807, 2.05) is 32.0 Å². The van der Waals surface area contributed by atoms with E-state index in [4.69, 9.17) is 27.9 Å². The molecule has 0 heterocycles. The summed E-state index contributed by atoms with van der Waals surface area (Å²) in [5.41, 5.74) is 4.41. The predicted octanol–water partition coefficient (Wildman–Crippen LogP) is 6.24. The summed E-state index contributed by atoms with van der Waals surface area (Å²) in [5.74, 6) is -0.348. The Morgan fingerprint density at radius 2 is 1.80 bits per heavy atom. The third-order valence-electron chi connectivity index (χ3n) is 5.02. The lowest BCUT2D eigenvalue weighted by Gasteiger charge is -2.20. The number of nitrogens with zero attached hydrogens (tertiary/aromatic N) is 1. The number of hydrogen-bond acceptors (Lipinski definition) is 4. The van der Waals surface area contributed by atoms with Crippen LogP contribution < -0.4 is 15.5 Å². The standard InChI is InChI=1S/C26H24BrCl2N3O3/c1-16(2)24(31-25(33)17-6-4-3-5-7-17)26(34)32-30-14-19-12-20(27)9-11-23(19)35-15-18-8-10-21(28)13-22(18)29/h3-14,16,24H,15H2,1-2H3,(H,31,33)(H,32,34). The van der Waals surface area contributed by atoms with Crippen molar-refractivity contribution < 1.29 is 14.3 Å². The number of benzene rings is 3. The highest BCUT2D eigenvalue weighted by Gasteiger charge is 2.24. The minimum absolute atomic E-state index is 0.147. The van der Waals surface area contributed by atoms with Gasteiger partial charge in [0.15, 0.2) is 0 Å². The van der Waals surface area contributed by atoms with Crippen LogP contribution in [0.1, 0.15) is 35.3 Å². The molecule has 3 rings (SSSR count). The Bertz CT molecular complexity index is 1220. The second-order valence-electron chi connectivity index (χ2n) is 8.00. The third-order valence-corrected chi connectivity index (χ3v) is 6.10. The van der Waals surface area contributed by atoms with Gasteiger partial charge < -0.3 is 10.1 Å². The monoisotopic (exact) mass is 575 g/mol. The van der Waals surface area contributed by atoms with Crippen molar-refractivity contribution in [3.8, 4) is 5.75 Å². The Morgan fingerprint density at radius 1 is 1.06 bits per heavy atom. The Balaban J connectivity index is 1.67. The Labute approximate surface area is 222 Å². The lowest BCUT2D eigenvalue weighted by Crippen LogP contribution is -2.48. The Hall–Kier alpha value is -2.87. The van der Waals surface area contributed by atoms with E-state index in [2.05, 4.69) is 31.8 Å². The maximum Gasteiger partial charge on any atom is 0.262 e. The maximum atomic E-state index is 12.8. The number of halogens is 3. The summed E-state index contributed by atoms with van der Waals surface area (Å²) in [4.78, 5) is 25.3. The molecule has 0 aliphatic rings. The van der Waals surface area contributed by atoms with Crippen molar-refractivity contribution in [2.75, 3.05) is 0 Å². The van der Waals surface area contributed by atoms with Gasteiger partial charge in [0.25, 0.3) is 11.8 Å². The van der Waals surface area contributed by atoms with E-state index >= 15 is 0 Å². The van der Waals surface area contributed by atoms with E-state index < -0.39 is 11.9 Å². The third kappa shape index (κ3) is 7.82. The number of rotatable bonds is 9. The number of carbonyl (C=O) groups is 2. The van der Waals surface area contributed by atoms with Crippen LogP contribution in [0.2, 0.25) is 10.0 Å². The summed E-state index contributed by atoms with van der Waals surface area (Å²) in [6, 6.07) is 18.6. The van der Waals surface area contributed by atoms with Gasteiger partial charge in [0.2, 0.25) is 0 Å². The molecule has 0 saturated heterocycles. The molecule has 1 atom stereocenters. The number of ether oxygens (including phenoxy) is 1. The molecule has 2 amide bonds. The fraction of sp³-hybridized carbons (Fsp3) is 0.192. The van der Waals surface area contributed by atoms with Gasteiger partial charge in [-0.3, -0.25) is 9.59 Å². The first kappa shape index (κ1) is 26.7. The van der Waals surface area contributed by atoms with Crippen molar-refractivity contribution in [1.82, 2.24) is 10.7 Å². The van der Waals surface area contributed by atoms with Crippen LogP contribution >= 0.6 is 39.1 Å². The van der Waals surface area contributed by atoms with Gasteiger partial charge in [-0.1, -0.05) is 77.2 Å². The summed E-state index contributed by atoms with van der Waals surface area (Å²) in [7, 11) is 0. The molecule has 0 spiro atoms. The zero-order chi connectivity index (χ0) is 25.4. The Morgan fingerprint density at radius 3 is 2.49 bits per heavy atom. The van der Waals surface area contributed by atoms with Gasteiger partial charge in [0.05, 0.1) is 6.21 Å². The van der Waals surface area contributed by atoms with E-state index in [1.165, 1.54) is 6.21 Å². The van der Waals surface area contributed by atoms with E-state index in [1.54, 1.807) is 48.5 Å². The fourth-order valence-electron chi connectivity index (χ4n) is 3.13. The van der Waals surface area contributed by atoms with Crippen molar-refractivity contribution in [3.05, 3.63) is 97.9 Å². The highest BCUT2D eigenvalue weighted by atomic mass is 79.9. The van der Waals surface area contributed by atoms with Crippen LogP contribution in [0.4, 0.5) is 0 Å². The van der Waals surface area contributed by atoms with Crippen molar-refractivity contribution >= 4 is 57.2 Å². The molecule has 0 aliphatic heterocycles. The molecule has 0 saturated carbocycles. The minimum atomic E-state index is -0.759. The maximum absolute atomic E-state index is 12.8. The van der Waals surface area contributed by atoms with Crippen molar-refractivity contribution in [1.29, 1.82) is 0 Å². The summed E-state index contributed by atoms with van der Waals surface area (Å²) >= 11 is 15.6. The number of hydrazone groups is 1. The van der Waals surface area contributed by atoms with Crippen LogP contribution in [0.3, 0.4) is 0 Å². The second kappa shape index (κ2) is 12.7. The first-order valence-electron chi connectivity index (χ1n) is 10.8. The van der Waals surface area contributed by atoms with Crippen LogP contribution in [0.15, 0.2) is 76.3 Å². The minimum Gasteiger partial charge on any atom is -0.488 e. The zero-order valence-electron chi connectivity index (χ0n) is 19.1. The Kier molecular flexibility index (Phi) is 9.72. The van der Waals surface area contributed by atoms with E-state index in [-0.39, 0.29) is 18.4 Å². The average Bonchev–Trinajstić information content (AvgIpc) is 2.83. The van der Waals surface area contributed by atoms with Crippen LogP contribution in [0, 0.1) is 5.92 Å². The van der Waals surface area contributed by atoms with Gasteiger partial charge in [0.1, 0.15) is 18.4 Å². The van der Waals surface area contributed by atoms with E-state index in [0.29, 0.717) is 26.9 Å². The molecular weight excluding hydrogens is 553 g/mol. The molecule has 6 nitrogen and oxygen atoms in total. The molecular formula is C26H24BrCl2N3O3. The molecule has 9 heteroatoms. The second-order valence-corrected chi connectivity index (χ2v) is 9.76. The number of carbonyl (C=O) groups excluding carboxylic acids is 2. The molecule has 1 unspecified atom stereocenters. The summed E-state index contributed by atoms with van der Waals surface area (Å²) in [6.07, 6.45) is 1.48. The molecule has 182 valence electrons. The highest BCUT2D eigenvalue weighted by Crippen LogP contribution is 2.26. The molecule has 3 aromatic carbocycles. The van der Waals surface area contributed by atoms with Crippen molar-refractivity contribution in [2.24, 2.45) is 11.0 Å². The topological polar surface area (TPSA) is 79.8 Å². The fourth-order valence-corrected chi connectivity index (χ4v) is 3.97. The first-order chi connectivity index (χ1) is 16.7. The molecule has 0 aliphatic carbocycles. The summed E-state index contributed by atoms with van der Waals surface area (Å²) < 4.78 is 6.75. The van der Waals surface area contributed by atoms with Gasteiger partial charge in [0, 0.05) is 31.2 Å². The van der Waals surface area contributed by atoms with E-state index in [0.717, 1.165) is 10.0 Å². The molecule has 0 aromatic heterocycles. The smallest absolute Gasteiger partial charge is 0.262 e. The van der Waals surface area contributed by atoms with Gasteiger partial charge in [-0.05, 0) is 48.4 Å². The largest absolute Gasteiger partial charge is 0.488 e. The number of amides is 2. The lowest BCUT2D eigenvalue weighted by molar-refractivity contribution is -0.123. The molecule has 0 fully saturated rings. The van der Waals surface area contributed by atoms with Gasteiger partial charge in [-0.2, -0.15) is 5.10 Å². The summed E-state index contributed by atoms with van der Waals surface area (Å²) in [6.45, 7) is 3.93. The van der Waals surface area contributed by atoms with Gasteiger partial charge >= 0.3 is 0 Å². The molecule has 0 radical (unpaired) electrons. The number of nitrogens with one attached hydrogen (secondary N) is 2. The lowest BCUT2D eigenvalue weighted by atomic mass is 10.0. The zero-order valence-corrected chi connectivity index (χ0v) is 22.2.